The maximum atomic E-state index is 12.0. The van der Waals surface area contributed by atoms with Crippen molar-refractivity contribution in [2.45, 2.75) is 19.9 Å². The summed E-state index contributed by atoms with van der Waals surface area (Å²) in [5.41, 5.74) is 6.58. The lowest BCUT2D eigenvalue weighted by molar-refractivity contribution is 0.0897. The fraction of sp³-hybridized carbons (Fsp3) is 0.417. The number of carbonyl (C=O) groups excluding carboxylic acids is 1. The van der Waals surface area contributed by atoms with Crippen molar-refractivity contribution < 1.29 is 9.90 Å². The van der Waals surface area contributed by atoms with Gasteiger partial charge in [-0.3, -0.25) is 4.79 Å². The average Bonchev–Trinajstić information content (AvgIpc) is 2.28. The molecule has 17 heavy (non-hydrogen) atoms. The molecule has 5 heteroatoms. The lowest BCUT2D eigenvalue weighted by Crippen LogP contribution is -2.41. The normalized spacial score (nSPS) is 12.5. The maximum Gasteiger partial charge on any atom is 0.253 e. The van der Waals surface area contributed by atoms with Crippen molar-refractivity contribution in [2.24, 2.45) is 5.92 Å². The molecule has 1 atom stereocenters. The van der Waals surface area contributed by atoms with Gasteiger partial charge in [-0.2, -0.15) is 0 Å². The van der Waals surface area contributed by atoms with Gasteiger partial charge in [-0.15, -0.1) is 0 Å². The van der Waals surface area contributed by atoms with Gasteiger partial charge in [0.1, 0.15) is 0 Å². The summed E-state index contributed by atoms with van der Waals surface area (Å²) in [7, 11) is 0. The van der Waals surface area contributed by atoms with E-state index in [1.54, 1.807) is 18.2 Å². The molecule has 0 saturated carbocycles. The van der Waals surface area contributed by atoms with Gasteiger partial charge in [0, 0.05) is 10.2 Å². The second-order valence-electron chi connectivity index (χ2n) is 4.24. The number of carbonyl (C=O) groups is 1. The first-order valence-electron chi connectivity index (χ1n) is 5.42. The van der Waals surface area contributed by atoms with Gasteiger partial charge < -0.3 is 16.2 Å². The Morgan fingerprint density at radius 3 is 2.71 bits per heavy atom. The van der Waals surface area contributed by atoms with E-state index in [9.17, 15) is 4.79 Å². The van der Waals surface area contributed by atoms with E-state index in [-0.39, 0.29) is 24.5 Å². The molecule has 4 nitrogen and oxygen atoms in total. The zero-order chi connectivity index (χ0) is 13.0. The molecule has 0 aromatic heterocycles. The van der Waals surface area contributed by atoms with Crippen LogP contribution in [0.4, 0.5) is 5.69 Å². The molecule has 0 fully saturated rings. The topological polar surface area (TPSA) is 75.3 Å². The number of amides is 1. The van der Waals surface area contributed by atoms with Crippen LogP contribution in [0.1, 0.15) is 24.2 Å². The molecule has 0 aliphatic heterocycles. The first-order valence-corrected chi connectivity index (χ1v) is 6.21. The highest BCUT2D eigenvalue weighted by molar-refractivity contribution is 9.10. The van der Waals surface area contributed by atoms with Crippen LogP contribution < -0.4 is 11.1 Å². The molecule has 1 aromatic carbocycles. The summed E-state index contributed by atoms with van der Waals surface area (Å²) in [5.74, 6) is -0.103. The van der Waals surface area contributed by atoms with Crippen molar-refractivity contribution in [1.29, 1.82) is 0 Å². The van der Waals surface area contributed by atoms with Gasteiger partial charge in [0.2, 0.25) is 0 Å². The number of hydrogen-bond donors (Lipinski definition) is 3. The van der Waals surface area contributed by atoms with Gasteiger partial charge in [0.25, 0.3) is 5.91 Å². The predicted molar refractivity (Wildman–Crippen MR) is 71.7 cm³/mol. The van der Waals surface area contributed by atoms with E-state index in [4.69, 9.17) is 10.8 Å². The highest BCUT2D eigenvalue weighted by Gasteiger charge is 2.17. The molecule has 1 amide bonds. The molecule has 0 radical (unpaired) electrons. The van der Waals surface area contributed by atoms with Crippen LogP contribution in [0.15, 0.2) is 22.7 Å². The number of halogens is 1. The van der Waals surface area contributed by atoms with Gasteiger partial charge in [0.15, 0.2) is 0 Å². The van der Waals surface area contributed by atoms with Crippen molar-refractivity contribution in [1.82, 2.24) is 5.32 Å². The van der Waals surface area contributed by atoms with E-state index in [1.165, 1.54) is 0 Å². The summed E-state index contributed by atoms with van der Waals surface area (Å²) >= 11 is 3.29. The Bertz CT molecular complexity index is 407. The minimum atomic E-state index is -0.267. The van der Waals surface area contributed by atoms with E-state index < -0.39 is 0 Å². The number of hydrogen-bond acceptors (Lipinski definition) is 3. The monoisotopic (exact) mass is 300 g/mol. The van der Waals surface area contributed by atoms with Crippen LogP contribution in [-0.2, 0) is 0 Å². The van der Waals surface area contributed by atoms with Gasteiger partial charge in [-0.25, -0.2) is 0 Å². The molecule has 94 valence electrons. The molecule has 1 unspecified atom stereocenters. The van der Waals surface area contributed by atoms with E-state index in [0.29, 0.717) is 11.3 Å². The molecule has 0 saturated heterocycles. The van der Waals surface area contributed by atoms with Crippen LogP contribution in [-0.4, -0.2) is 23.7 Å². The number of rotatable bonds is 4. The van der Waals surface area contributed by atoms with Crippen LogP contribution >= 0.6 is 15.9 Å². The van der Waals surface area contributed by atoms with Crippen LogP contribution in [0.2, 0.25) is 0 Å². The van der Waals surface area contributed by atoms with Gasteiger partial charge >= 0.3 is 0 Å². The van der Waals surface area contributed by atoms with Gasteiger partial charge in [-0.1, -0.05) is 29.8 Å². The Morgan fingerprint density at radius 1 is 1.53 bits per heavy atom. The van der Waals surface area contributed by atoms with Crippen molar-refractivity contribution in [3.8, 4) is 0 Å². The predicted octanol–water partition coefficient (Wildman–Crippen LogP) is 1.78. The molecule has 0 aliphatic rings. The minimum absolute atomic E-state index is 0.0860. The Labute approximate surface area is 109 Å². The van der Waals surface area contributed by atoms with Gasteiger partial charge in [-0.05, 0) is 24.1 Å². The lowest BCUT2D eigenvalue weighted by Gasteiger charge is -2.20. The SMILES string of the molecule is CC(C)C(CO)NC(=O)c1cc(Br)ccc1N. The van der Waals surface area contributed by atoms with E-state index in [2.05, 4.69) is 21.2 Å². The Morgan fingerprint density at radius 2 is 2.18 bits per heavy atom. The Hall–Kier alpha value is -1.07. The lowest BCUT2D eigenvalue weighted by atomic mass is 10.0. The maximum absolute atomic E-state index is 12.0. The summed E-state index contributed by atoms with van der Waals surface area (Å²) in [6, 6.07) is 4.85. The summed E-state index contributed by atoms with van der Waals surface area (Å²) in [4.78, 5) is 12.0. The Kier molecular flexibility index (Phi) is 4.96. The average molecular weight is 301 g/mol. The highest BCUT2D eigenvalue weighted by Crippen LogP contribution is 2.18. The van der Waals surface area contributed by atoms with Crippen molar-refractivity contribution in [2.75, 3.05) is 12.3 Å². The molecule has 0 aliphatic carbocycles. The number of nitrogens with two attached hydrogens (primary N) is 1. The number of aliphatic hydroxyl groups excluding tert-OH is 1. The number of nitrogen functional groups attached to an aromatic ring is 1. The fourth-order valence-electron chi connectivity index (χ4n) is 1.39. The number of anilines is 1. The van der Waals surface area contributed by atoms with Crippen LogP contribution in [0, 0.1) is 5.92 Å². The van der Waals surface area contributed by atoms with Crippen LogP contribution in [0.5, 0.6) is 0 Å². The molecular formula is C12H17BrN2O2. The standard InChI is InChI=1S/C12H17BrN2O2/c1-7(2)11(6-16)15-12(17)9-5-8(13)3-4-10(9)14/h3-5,7,11,16H,6,14H2,1-2H3,(H,15,17). The third-order valence-electron chi connectivity index (χ3n) is 2.58. The largest absolute Gasteiger partial charge is 0.398 e. The Balaban J connectivity index is 2.86. The van der Waals surface area contributed by atoms with E-state index in [1.807, 2.05) is 13.8 Å². The molecule has 0 bridgehead atoms. The zero-order valence-electron chi connectivity index (χ0n) is 9.90. The van der Waals surface area contributed by atoms with E-state index in [0.717, 1.165) is 4.47 Å². The van der Waals surface area contributed by atoms with Crippen molar-refractivity contribution >= 4 is 27.5 Å². The molecule has 0 spiro atoms. The number of nitrogens with one attached hydrogen (secondary N) is 1. The van der Waals surface area contributed by atoms with Crippen LogP contribution in [0.3, 0.4) is 0 Å². The molecule has 4 N–H and O–H groups in total. The smallest absolute Gasteiger partial charge is 0.253 e. The molecule has 1 rings (SSSR count). The summed E-state index contributed by atoms with van der Waals surface area (Å²) in [5, 5.41) is 11.9. The minimum Gasteiger partial charge on any atom is -0.398 e. The number of benzene rings is 1. The van der Waals surface area contributed by atoms with Crippen LogP contribution in [0.25, 0.3) is 0 Å². The quantitative estimate of drug-likeness (QED) is 0.742. The fourth-order valence-corrected chi connectivity index (χ4v) is 1.76. The third kappa shape index (κ3) is 3.71. The molecule has 1 aromatic rings. The first kappa shape index (κ1) is 14.0. The second kappa shape index (κ2) is 6.02. The second-order valence-corrected chi connectivity index (χ2v) is 5.15. The summed E-state index contributed by atoms with van der Waals surface area (Å²) in [6.07, 6.45) is 0. The summed E-state index contributed by atoms with van der Waals surface area (Å²) in [6.45, 7) is 3.79. The first-order chi connectivity index (χ1) is 7.95. The zero-order valence-corrected chi connectivity index (χ0v) is 11.5. The number of aliphatic hydroxyl groups is 1. The highest BCUT2D eigenvalue weighted by atomic mass is 79.9. The molecule has 0 heterocycles. The van der Waals surface area contributed by atoms with Crippen molar-refractivity contribution in [3.63, 3.8) is 0 Å². The third-order valence-corrected chi connectivity index (χ3v) is 3.07. The van der Waals surface area contributed by atoms with Gasteiger partial charge in [0.05, 0.1) is 18.2 Å². The van der Waals surface area contributed by atoms with E-state index >= 15 is 0 Å². The van der Waals surface area contributed by atoms with Crippen molar-refractivity contribution in [3.05, 3.63) is 28.2 Å². The summed E-state index contributed by atoms with van der Waals surface area (Å²) < 4.78 is 0.793. The molecular weight excluding hydrogens is 284 g/mol.